The molecule has 1 amide bonds. The van der Waals surface area contributed by atoms with Gasteiger partial charge in [0, 0.05) is 49.7 Å². The molecule has 11 heteroatoms. The molecule has 0 saturated carbocycles. The number of pyridine rings is 1. The van der Waals surface area contributed by atoms with Crippen LogP contribution in [0.3, 0.4) is 0 Å². The number of anilines is 1. The second-order valence-electron chi connectivity index (χ2n) is 13.1. The second-order valence-corrected chi connectivity index (χ2v) is 13.1. The lowest BCUT2D eigenvalue weighted by atomic mass is 9.80. The number of nitrogens with zero attached hydrogens (tertiary/aromatic N) is 7. The monoisotopic (exact) mass is 673 g/mol. The number of carboxylic acid groups (broad SMARTS) is 1. The van der Waals surface area contributed by atoms with Crippen LogP contribution in [0.4, 0.5) is 5.82 Å². The maximum absolute atomic E-state index is 13.3. The Balaban J connectivity index is 0.00000139. The quantitative estimate of drug-likeness (QED) is 0.198. The van der Waals surface area contributed by atoms with Crippen LogP contribution in [0.1, 0.15) is 54.0 Å². The molecule has 4 heterocycles. The number of ether oxygens (including phenoxy) is 1. The number of hydrogen-bond acceptors (Lipinski definition) is 9. The summed E-state index contributed by atoms with van der Waals surface area (Å²) in [5, 5.41) is 19.2. The van der Waals surface area contributed by atoms with E-state index in [4.69, 9.17) is 24.6 Å². The van der Waals surface area contributed by atoms with Crippen LogP contribution in [0.5, 0.6) is 6.01 Å². The Kier molecular flexibility index (Phi) is 11.3. The fourth-order valence-electron chi connectivity index (χ4n) is 7.49. The summed E-state index contributed by atoms with van der Waals surface area (Å²) in [5.74, 6) is 1.15. The van der Waals surface area contributed by atoms with E-state index in [9.17, 15) is 10.1 Å². The van der Waals surface area contributed by atoms with Gasteiger partial charge in [0.1, 0.15) is 12.4 Å². The molecule has 4 aromatic rings. The highest BCUT2D eigenvalue weighted by atomic mass is 16.5. The fraction of sp³-hybridized carbons (Fsp3) is 0.385. The van der Waals surface area contributed by atoms with Crippen molar-refractivity contribution in [3.8, 4) is 12.1 Å². The molecule has 258 valence electrons. The van der Waals surface area contributed by atoms with Gasteiger partial charge in [-0.25, -0.2) is 0 Å². The molecule has 0 spiro atoms. The number of fused-ring (bicyclic) bond motifs is 2. The molecule has 2 aromatic carbocycles. The number of aromatic nitrogens is 3. The van der Waals surface area contributed by atoms with Crippen LogP contribution in [-0.2, 0) is 22.4 Å². The molecular weight excluding hydrogens is 630 g/mol. The third kappa shape index (κ3) is 7.92. The molecule has 50 heavy (non-hydrogen) atoms. The van der Waals surface area contributed by atoms with Gasteiger partial charge in [0.15, 0.2) is 0 Å². The number of hydrogen-bond donors (Lipinski definition) is 1. The van der Waals surface area contributed by atoms with Crippen LogP contribution in [0.2, 0.25) is 0 Å². The summed E-state index contributed by atoms with van der Waals surface area (Å²) >= 11 is 0. The SMILES string of the molecule is CN1CCCC1COc1nc2c(c(N3CCN(C(=O)/C=C/c4ccncc4)C(CC#N)C3)n1)CCC(c1cccc3ccccc13)C2.O=CO. The Morgan fingerprint density at radius 3 is 2.62 bits per heavy atom. The Labute approximate surface area is 292 Å². The summed E-state index contributed by atoms with van der Waals surface area (Å²) < 4.78 is 6.36. The Morgan fingerprint density at radius 2 is 1.84 bits per heavy atom. The van der Waals surface area contributed by atoms with E-state index < -0.39 is 0 Å². The van der Waals surface area contributed by atoms with Crippen LogP contribution in [0.15, 0.2) is 73.1 Å². The van der Waals surface area contributed by atoms with Crippen molar-refractivity contribution in [1.82, 2.24) is 24.8 Å². The van der Waals surface area contributed by atoms with Gasteiger partial charge in [-0.1, -0.05) is 42.5 Å². The number of carbonyl (C=O) groups is 2. The van der Waals surface area contributed by atoms with Gasteiger partial charge in [0.25, 0.3) is 6.47 Å². The number of amides is 1. The first-order valence-corrected chi connectivity index (χ1v) is 17.3. The molecule has 1 N–H and O–H groups in total. The van der Waals surface area contributed by atoms with Gasteiger partial charge in [0.05, 0.1) is 24.2 Å². The molecule has 3 unspecified atom stereocenters. The van der Waals surface area contributed by atoms with Crippen LogP contribution < -0.4 is 9.64 Å². The van der Waals surface area contributed by atoms with Crippen molar-refractivity contribution in [2.45, 2.75) is 56.5 Å². The van der Waals surface area contributed by atoms with Crippen LogP contribution in [0.25, 0.3) is 16.8 Å². The number of piperazine rings is 1. The van der Waals surface area contributed by atoms with Crippen molar-refractivity contribution in [3.63, 3.8) is 0 Å². The van der Waals surface area contributed by atoms with Gasteiger partial charge >= 0.3 is 6.01 Å². The second kappa shape index (κ2) is 16.4. The number of likely N-dealkylation sites (tertiary alicyclic amines) is 1. The predicted molar refractivity (Wildman–Crippen MR) is 192 cm³/mol. The van der Waals surface area contributed by atoms with E-state index in [2.05, 4.69) is 70.4 Å². The van der Waals surface area contributed by atoms with E-state index in [0.717, 1.165) is 49.3 Å². The molecule has 7 rings (SSSR count). The van der Waals surface area contributed by atoms with Crippen LogP contribution >= 0.6 is 0 Å². The Bertz CT molecular complexity index is 1860. The molecule has 2 aromatic heterocycles. The van der Waals surface area contributed by atoms with Gasteiger partial charge in [-0.3, -0.25) is 14.6 Å². The molecule has 1 aliphatic carbocycles. The number of benzene rings is 2. The molecular formula is C39H43N7O4. The summed E-state index contributed by atoms with van der Waals surface area (Å²) in [4.78, 5) is 42.3. The summed E-state index contributed by atoms with van der Waals surface area (Å²) in [7, 11) is 2.15. The van der Waals surface area contributed by atoms with E-state index in [1.54, 1.807) is 24.5 Å². The Morgan fingerprint density at radius 1 is 1.04 bits per heavy atom. The van der Waals surface area contributed by atoms with Gasteiger partial charge in [-0.05, 0) is 91.7 Å². The zero-order chi connectivity index (χ0) is 34.9. The van der Waals surface area contributed by atoms with E-state index in [0.29, 0.717) is 44.2 Å². The molecule has 3 aliphatic rings. The zero-order valence-corrected chi connectivity index (χ0v) is 28.4. The average molecular weight is 674 g/mol. The fourth-order valence-corrected chi connectivity index (χ4v) is 7.49. The maximum atomic E-state index is 13.3. The lowest BCUT2D eigenvalue weighted by Crippen LogP contribution is -2.55. The van der Waals surface area contributed by atoms with E-state index in [1.165, 1.54) is 28.3 Å². The minimum absolute atomic E-state index is 0.0888. The number of rotatable bonds is 8. The first-order chi connectivity index (χ1) is 24.5. The largest absolute Gasteiger partial charge is 0.483 e. The minimum Gasteiger partial charge on any atom is -0.483 e. The zero-order valence-electron chi connectivity index (χ0n) is 28.4. The van der Waals surface area contributed by atoms with Crippen LogP contribution in [0, 0.1) is 11.3 Å². The molecule has 2 fully saturated rings. The summed E-state index contributed by atoms with van der Waals surface area (Å²) in [5.41, 5.74) is 4.49. The van der Waals surface area contributed by atoms with Crippen molar-refractivity contribution in [2.24, 2.45) is 0 Å². The summed E-state index contributed by atoms with van der Waals surface area (Å²) in [6.45, 7) is 3.05. The number of nitriles is 1. The smallest absolute Gasteiger partial charge is 0.318 e. The van der Waals surface area contributed by atoms with Crippen molar-refractivity contribution in [2.75, 3.05) is 44.7 Å². The lowest BCUT2D eigenvalue weighted by Gasteiger charge is -2.42. The number of carbonyl (C=O) groups excluding carboxylic acids is 1. The van der Waals surface area contributed by atoms with Crippen molar-refractivity contribution >= 4 is 35.0 Å². The standard InChI is InChI=1S/C38H41N7O2.CH2O2/c1-43-21-5-8-31(43)26-47-38-41-35-24-29(33-10-4-7-28-6-2-3-9-32(28)33)12-13-34(35)37(42-38)44-22-23-45(30(25-44)15-18-39)36(46)14-11-27-16-19-40-20-17-27;2-1-3/h2-4,6-7,9-11,14,16-17,19-20,29-31H,5,8,12-13,15,21-26H2,1H3;1H,(H,2,3)/b14-11+;. The van der Waals surface area contributed by atoms with Gasteiger partial charge in [0.2, 0.25) is 5.91 Å². The summed E-state index contributed by atoms with van der Waals surface area (Å²) in [6.07, 6.45) is 12.0. The van der Waals surface area contributed by atoms with Gasteiger partial charge in [-0.2, -0.15) is 15.2 Å². The average Bonchev–Trinajstić information content (AvgIpc) is 3.57. The minimum atomic E-state index is -0.252. The van der Waals surface area contributed by atoms with Gasteiger partial charge in [-0.15, -0.1) is 0 Å². The predicted octanol–water partition coefficient (Wildman–Crippen LogP) is 5.12. The first-order valence-electron chi connectivity index (χ1n) is 17.3. The molecule has 2 aliphatic heterocycles. The lowest BCUT2D eigenvalue weighted by molar-refractivity contribution is -0.128. The topological polar surface area (TPSA) is 136 Å². The van der Waals surface area contributed by atoms with Crippen LogP contribution in [-0.4, -0.2) is 94.2 Å². The highest BCUT2D eigenvalue weighted by Gasteiger charge is 2.34. The Hall–Kier alpha value is -5.34. The summed E-state index contributed by atoms with van der Waals surface area (Å²) in [6, 6.07) is 21.8. The van der Waals surface area contributed by atoms with E-state index >= 15 is 0 Å². The van der Waals surface area contributed by atoms with E-state index in [1.807, 2.05) is 17.0 Å². The highest BCUT2D eigenvalue weighted by Crippen LogP contribution is 2.39. The van der Waals surface area contributed by atoms with Gasteiger partial charge < -0.3 is 24.5 Å². The molecule has 11 nitrogen and oxygen atoms in total. The normalized spacial score (nSPS) is 20.5. The van der Waals surface area contributed by atoms with Crippen molar-refractivity contribution < 1.29 is 19.4 Å². The highest BCUT2D eigenvalue weighted by molar-refractivity contribution is 5.92. The third-order valence-electron chi connectivity index (χ3n) is 10.1. The molecule has 2 saturated heterocycles. The number of likely N-dealkylation sites (N-methyl/N-ethyl adjacent to an activating group) is 1. The third-order valence-corrected chi connectivity index (χ3v) is 10.1. The van der Waals surface area contributed by atoms with Crippen molar-refractivity contribution in [1.29, 1.82) is 5.26 Å². The van der Waals surface area contributed by atoms with Crippen molar-refractivity contribution in [3.05, 3.63) is 95.5 Å². The molecule has 0 radical (unpaired) electrons. The molecule has 0 bridgehead atoms. The maximum Gasteiger partial charge on any atom is 0.318 e. The van der Waals surface area contributed by atoms with E-state index in [-0.39, 0.29) is 24.8 Å². The molecule has 3 atom stereocenters. The first kappa shape index (κ1) is 34.5.